The van der Waals surface area contributed by atoms with Crippen molar-refractivity contribution in [2.75, 3.05) is 19.7 Å². The minimum atomic E-state index is -0.228. The zero-order valence-corrected chi connectivity index (χ0v) is 14.4. The van der Waals surface area contributed by atoms with E-state index in [0.29, 0.717) is 25.3 Å². The number of carbonyl (C=O) groups is 2. The number of rotatable bonds is 4. The van der Waals surface area contributed by atoms with Crippen LogP contribution < -0.4 is 0 Å². The molecular weight excluding hydrogens is 316 g/mol. The van der Waals surface area contributed by atoms with Crippen molar-refractivity contribution in [1.82, 2.24) is 9.88 Å². The molecule has 1 aromatic heterocycles. The van der Waals surface area contributed by atoms with Crippen molar-refractivity contribution in [1.29, 1.82) is 0 Å². The molecule has 5 heteroatoms. The highest BCUT2D eigenvalue weighted by atomic mass is 16.5. The van der Waals surface area contributed by atoms with Crippen molar-refractivity contribution >= 4 is 11.9 Å². The van der Waals surface area contributed by atoms with Gasteiger partial charge in [-0.05, 0) is 31.9 Å². The molecule has 1 aliphatic rings. The second-order valence-electron chi connectivity index (χ2n) is 6.14. The van der Waals surface area contributed by atoms with Gasteiger partial charge >= 0.3 is 5.97 Å². The normalized spacial score (nSPS) is 17.2. The van der Waals surface area contributed by atoms with Crippen molar-refractivity contribution in [3.8, 4) is 11.3 Å². The number of ether oxygens (including phenoxy) is 1. The van der Waals surface area contributed by atoms with Crippen LogP contribution in [-0.4, -0.2) is 41.5 Å². The van der Waals surface area contributed by atoms with Gasteiger partial charge in [0.15, 0.2) is 0 Å². The van der Waals surface area contributed by atoms with Crippen LogP contribution in [0.3, 0.4) is 0 Å². The van der Waals surface area contributed by atoms with Gasteiger partial charge in [-0.3, -0.25) is 14.6 Å². The molecule has 0 radical (unpaired) electrons. The van der Waals surface area contributed by atoms with E-state index in [9.17, 15) is 9.59 Å². The predicted octanol–water partition coefficient (Wildman–Crippen LogP) is 3.16. The van der Waals surface area contributed by atoms with Crippen LogP contribution in [-0.2, 0) is 9.53 Å². The molecule has 1 amide bonds. The summed E-state index contributed by atoms with van der Waals surface area (Å²) in [5, 5.41) is 0. The van der Waals surface area contributed by atoms with Gasteiger partial charge in [0, 0.05) is 24.8 Å². The summed E-state index contributed by atoms with van der Waals surface area (Å²) in [4.78, 5) is 30.8. The number of hydrogen-bond donors (Lipinski definition) is 0. The smallest absolute Gasteiger partial charge is 0.310 e. The fourth-order valence-corrected chi connectivity index (χ4v) is 3.10. The molecular formula is C20H22N2O3. The number of benzene rings is 1. The number of hydrogen-bond acceptors (Lipinski definition) is 4. The van der Waals surface area contributed by atoms with Crippen LogP contribution in [0.4, 0.5) is 0 Å². The predicted molar refractivity (Wildman–Crippen MR) is 94.9 cm³/mol. The van der Waals surface area contributed by atoms with Gasteiger partial charge in [-0.15, -0.1) is 0 Å². The molecule has 0 N–H and O–H groups in total. The lowest BCUT2D eigenvalue weighted by Gasteiger charge is -2.31. The van der Waals surface area contributed by atoms with Gasteiger partial charge in [-0.2, -0.15) is 0 Å². The van der Waals surface area contributed by atoms with Gasteiger partial charge in [-0.1, -0.05) is 30.3 Å². The Kier molecular flexibility index (Phi) is 5.43. The minimum absolute atomic E-state index is 0.0823. The Hall–Kier alpha value is -2.69. The molecule has 0 spiro atoms. The summed E-state index contributed by atoms with van der Waals surface area (Å²) in [6.45, 7) is 3.24. The number of likely N-dealkylation sites (tertiary alicyclic amines) is 1. The Morgan fingerprint density at radius 3 is 2.68 bits per heavy atom. The van der Waals surface area contributed by atoms with E-state index in [1.807, 2.05) is 36.4 Å². The maximum Gasteiger partial charge on any atom is 0.310 e. The molecule has 1 saturated heterocycles. The molecule has 2 heterocycles. The number of aromatic nitrogens is 1. The van der Waals surface area contributed by atoms with Gasteiger partial charge in [-0.25, -0.2) is 0 Å². The highest BCUT2D eigenvalue weighted by Gasteiger charge is 2.29. The lowest BCUT2D eigenvalue weighted by molar-refractivity contribution is -0.149. The van der Waals surface area contributed by atoms with Crippen LogP contribution in [0.15, 0.2) is 48.7 Å². The van der Waals surface area contributed by atoms with Crippen molar-refractivity contribution in [3.63, 3.8) is 0 Å². The molecule has 5 nitrogen and oxygen atoms in total. The molecule has 1 atom stereocenters. The van der Waals surface area contributed by atoms with E-state index in [1.165, 1.54) is 0 Å². The molecule has 3 rings (SSSR count). The van der Waals surface area contributed by atoms with Crippen molar-refractivity contribution in [2.24, 2.45) is 5.92 Å². The minimum Gasteiger partial charge on any atom is -0.466 e. The monoisotopic (exact) mass is 338 g/mol. The van der Waals surface area contributed by atoms with Gasteiger partial charge in [0.05, 0.1) is 23.8 Å². The maximum absolute atomic E-state index is 12.7. The molecule has 1 unspecified atom stereocenters. The molecule has 1 fully saturated rings. The van der Waals surface area contributed by atoms with Gasteiger partial charge in [0.1, 0.15) is 0 Å². The topological polar surface area (TPSA) is 59.5 Å². The Morgan fingerprint density at radius 2 is 2.00 bits per heavy atom. The number of esters is 1. The first-order valence-electron chi connectivity index (χ1n) is 8.66. The van der Waals surface area contributed by atoms with E-state index in [0.717, 1.165) is 24.1 Å². The molecule has 0 bridgehead atoms. The Balaban J connectivity index is 1.69. The van der Waals surface area contributed by atoms with Crippen LogP contribution in [0, 0.1) is 5.92 Å². The van der Waals surface area contributed by atoms with Crippen LogP contribution in [0.1, 0.15) is 30.1 Å². The quantitative estimate of drug-likeness (QED) is 0.804. The molecule has 2 aromatic rings. The first kappa shape index (κ1) is 17.1. The summed E-state index contributed by atoms with van der Waals surface area (Å²) in [6.07, 6.45) is 3.19. The zero-order chi connectivity index (χ0) is 17.6. The Labute approximate surface area is 147 Å². The fraction of sp³-hybridized carbons (Fsp3) is 0.350. The van der Waals surface area contributed by atoms with Crippen LogP contribution >= 0.6 is 0 Å². The lowest BCUT2D eigenvalue weighted by Crippen LogP contribution is -2.42. The molecule has 25 heavy (non-hydrogen) atoms. The van der Waals surface area contributed by atoms with Gasteiger partial charge < -0.3 is 9.64 Å². The van der Waals surface area contributed by atoms with Crippen LogP contribution in [0.2, 0.25) is 0 Å². The van der Waals surface area contributed by atoms with Gasteiger partial charge in [0.2, 0.25) is 0 Å². The maximum atomic E-state index is 12.7. The largest absolute Gasteiger partial charge is 0.466 e. The molecule has 130 valence electrons. The van der Waals surface area contributed by atoms with Crippen LogP contribution in [0.25, 0.3) is 11.3 Å². The standard InChI is InChI=1S/C20H22N2O3/c1-2-25-20(24)17-9-6-12-22(14-17)19(23)16-10-11-18(21-13-16)15-7-4-3-5-8-15/h3-5,7-8,10-11,13,17H,2,6,9,12,14H2,1H3. The number of amides is 1. The van der Waals surface area contributed by atoms with E-state index in [4.69, 9.17) is 4.74 Å². The average molecular weight is 338 g/mol. The van der Waals surface area contributed by atoms with E-state index in [1.54, 1.807) is 24.1 Å². The van der Waals surface area contributed by atoms with E-state index < -0.39 is 0 Å². The highest BCUT2D eigenvalue weighted by molar-refractivity contribution is 5.94. The Bertz CT molecular complexity index is 728. The summed E-state index contributed by atoms with van der Waals surface area (Å²) in [5.74, 6) is -0.520. The Morgan fingerprint density at radius 1 is 1.20 bits per heavy atom. The second kappa shape index (κ2) is 7.92. The first-order valence-corrected chi connectivity index (χ1v) is 8.66. The van der Waals surface area contributed by atoms with Crippen molar-refractivity contribution in [3.05, 3.63) is 54.2 Å². The van der Waals surface area contributed by atoms with E-state index in [-0.39, 0.29) is 17.8 Å². The second-order valence-corrected chi connectivity index (χ2v) is 6.14. The SMILES string of the molecule is CCOC(=O)C1CCCN(C(=O)c2ccc(-c3ccccc3)nc2)C1. The molecule has 0 aliphatic carbocycles. The fourth-order valence-electron chi connectivity index (χ4n) is 3.10. The zero-order valence-electron chi connectivity index (χ0n) is 14.4. The number of pyridine rings is 1. The molecule has 0 saturated carbocycles. The first-order chi connectivity index (χ1) is 12.2. The van der Waals surface area contributed by atoms with Gasteiger partial charge in [0.25, 0.3) is 5.91 Å². The summed E-state index contributed by atoms with van der Waals surface area (Å²) in [6, 6.07) is 13.5. The lowest BCUT2D eigenvalue weighted by atomic mass is 9.97. The summed E-state index contributed by atoms with van der Waals surface area (Å²) in [5.41, 5.74) is 2.39. The molecule has 1 aromatic carbocycles. The third kappa shape index (κ3) is 4.05. The third-order valence-electron chi connectivity index (χ3n) is 4.41. The van der Waals surface area contributed by atoms with E-state index in [2.05, 4.69) is 4.98 Å². The van der Waals surface area contributed by atoms with E-state index >= 15 is 0 Å². The van der Waals surface area contributed by atoms with Crippen LogP contribution in [0.5, 0.6) is 0 Å². The van der Waals surface area contributed by atoms with Crippen molar-refractivity contribution in [2.45, 2.75) is 19.8 Å². The highest BCUT2D eigenvalue weighted by Crippen LogP contribution is 2.21. The number of carbonyl (C=O) groups excluding carboxylic acids is 2. The third-order valence-corrected chi connectivity index (χ3v) is 4.41. The number of piperidine rings is 1. The summed E-state index contributed by atoms with van der Waals surface area (Å²) in [7, 11) is 0. The number of nitrogens with zero attached hydrogens (tertiary/aromatic N) is 2. The summed E-state index contributed by atoms with van der Waals surface area (Å²) >= 11 is 0. The van der Waals surface area contributed by atoms with Crippen molar-refractivity contribution < 1.29 is 14.3 Å². The average Bonchev–Trinajstić information content (AvgIpc) is 2.68. The molecule has 1 aliphatic heterocycles. The summed E-state index contributed by atoms with van der Waals surface area (Å²) < 4.78 is 5.09.